The lowest BCUT2D eigenvalue weighted by molar-refractivity contribution is -0.0500. The first kappa shape index (κ1) is 17.5. The summed E-state index contributed by atoms with van der Waals surface area (Å²) < 4.78 is 64.8. The molecular weight excluding hydrogens is 403 g/mol. The molecule has 0 amide bonds. The number of aryl methyl sites for hydroxylation is 1. The topological polar surface area (TPSA) is 65.4 Å². The van der Waals surface area contributed by atoms with Crippen LogP contribution in [0.5, 0.6) is 5.75 Å². The lowest BCUT2D eigenvalue weighted by Gasteiger charge is -2.13. The predicted molar refractivity (Wildman–Crippen MR) is 80.1 cm³/mol. The van der Waals surface area contributed by atoms with Gasteiger partial charge in [0.15, 0.2) is 0 Å². The second kappa shape index (κ2) is 6.00. The number of pyridine rings is 1. The van der Waals surface area contributed by atoms with E-state index in [4.69, 9.17) is 0 Å². The molecule has 1 heterocycles. The summed E-state index contributed by atoms with van der Waals surface area (Å²) in [5.74, 6) is -0.696. The van der Waals surface area contributed by atoms with Gasteiger partial charge < -0.3 is 4.18 Å². The van der Waals surface area contributed by atoms with Crippen LogP contribution in [0.3, 0.4) is 0 Å². The van der Waals surface area contributed by atoms with E-state index in [0.717, 1.165) is 10.5 Å². The number of hydrogen-bond donors (Lipinski definition) is 0. The summed E-state index contributed by atoms with van der Waals surface area (Å²) in [4.78, 5) is 12.1. The first-order chi connectivity index (χ1) is 10.5. The molecule has 124 valence electrons. The van der Waals surface area contributed by atoms with Gasteiger partial charge in [-0.05, 0) is 31.2 Å². The minimum absolute atomic E-state index is 0.215. The Labute approximate surface area is 137 Å². The van der Waals surface area contributed by atoms with E-state index in [9.17, 15) is 26.4 Å². The molecule has 0 bridgehead atoms. The lowest BCUT2D eigenvalue weighted by Crippen LogP contribution is -2.29. The molecule has 0 aliphatic carbocycles. The van der Waals surface area contributed by atoms with E-state index in [2.05, 4.69) is 20.1 Å². The van der Waals surface area contributed by atoms with E-state index in [1.165, 1.54) is 11.5 Å². The molecule has 10 heteroatoms. The van der Waals surface area contributed by atoms with Crippen molar-refractivity contribution in [1.29, 1.82) is 0 Å². The maximum absolute atomic E-state index is 12.3. The van der Waals surface area contributed by atoms with E-state index in [-0.39, 0.29) is 5.69 Å². The summed E-state index contributed by atoms with van der Waals surface area (Å²) in [5.41, 5.74) is -5.60. The van der Waals surface area contributed by atoms with Gasteiger partial charge in [0.05, 0.1) is 0 Å². The van der Waals surface area contributed by atoms with Gasteiger partial charge in [0.25, 0.3) is 5.56 Å². The molecule has 0 spiro atoms. The minimum Gasteiger partial charge on any atom is -0.376 e. The van der Waals surface area contributed by atoms with Gasteiger partial charge in [-0.2, -0.15) is 21.6 Å². The van der Waals surface area contributed by atoms with Crippen molar-refractivity contribution in [3.05, 3.63) is 56.9 Å². The van der Waals surface area contributed by atoms with Crippen molar-refractivity contribution in [1.82, 2.24) is 4.57 Å². The molecule has 2 aromatic rings. The second-order valence-corrected chi connectivity index (χ2v) is 6.92. The zero-order chi connectivity index (χ0) is 17.4. The fourth-order valence-electron chi connectivity index (χ4n) is 1.82. The highest BCUT2D eigenvalue weighted by molar-refractivity contribution is 9.10. The van der Waals surface area contributed by atoms with Crippen LogP contribution in [0.4, 0.5) is 13.2 Å². The SMILES string of the molecule is Cc1cc(OS(=O)(=O)C(F)(F)F)cc(=O)n1-c1ccc(Br)cc1. The molecule has 1 aromatic heterocycles. The number of nitrogens with zero attached hydrogens (tertiary/aromatic N) is 1. The molecule has 0 aliphatic heterocycles. The van der Waals surface area contributed by atoms with Crippen LogP contribution in [0.2, 0.25) is 0 Å². The molecule has 0 saturated heterocycles. The molecule has 0 radical (unpaired) electrons. The number of alkyl halides is 3. The van der Waals surface area contributed by atoms with Crippen LogP contribution in [-0.2, 0) is 10.1 Å². The third-order valence-electron chi connectivity index (χ3n) is 2.76. The number of halogens is 4. The molecule has 0 fully saturated rings. The van der Waals surface area contributed by atoms with E-state index in [1.807, 2.05) is 0 Å². The smallest absolute Gasteiger partial charge is 0.376 e. The number of rotatable bonds is 3. The van der Waals surface area contributed by atoms with Gasteiger partial charge in [-0.15, -0.1) is 0 Å². The Bertz CT molecular complexity index is 889. The van der Waals surface area contributed by atoms with Gasteiger partial charge >= 0.3 is 15.6 Å². The van der Waals surface area contributed by atoms with E-state index < -0.39 is 26.9 Å². The van der Waals surface area contributed by atoms with Gasteiger partial charge in [0.1, 0.15) is 5.75 Å². The molecule has 23 heavy (non-hydrogen) atoms. The summed E-state index contributed by atoms with van der Waals surface area (Å²) in [6.07, 6.45) is 0. The molecule has 0 unspecified atom stereocenters. The van der Waals surface area contributed by atoms with E-state index in [1.54, 1.807) is 24.3 Å². The minimum atomic E-state index is -5.82. The molecule has 0 aliphatic rings. The number of benzene rings is 1. The Morgan fingerprint density at radius 1 is 1.13 bits per heavy atom. The Morgan fingerprint density at radius 2 is 1.70 bits per heavy atom. The maximum Gasteiger partial charge on any atom is 0.534 e. The molecule has 2 rings (SSSR count). The van der Waals surface area contributed by atoms with Crippen LogP contribution >= 0.6 is 15.9 Å². The van der Waals surface area contributed by atoms with Crippen molar-refractivity contribution in [3.8, 4) is 11.4 Å². The zero-order valence-corrected chi connectivity index (χ0v) is 13.9. The van der Waals surface area contributed by atoms with Gasteiger partial charge in [-0.3, -0.25) is 9.36 Å². The Morgan fingerprint density at radius 3 is 2.17 bits per heavy atom. The van der Waals surface area contributed by atoms with Gasteiger partial charge in [0, 0.05) is 28.0 Å². The summed E-state index contributed by atoms with van der Waals surface area (Å²) in [7, 11) is -5.82. The molecule has 0 N–H and O–H groups in total. The highest BCUT2D eigenvalue weighted by Crippen LogP contribution is 2.27. The Balaban J connectivity index is 2.46. The maximum atomic E-state index is 12.3. The summed E-state index contributed by atoms with van der Waals surface area (Å²) in [6.45, 7) is 1.44. The summed E-state index contributed by atoms with van der Waals surface area (Å²) >= 11 is 3.24. The Hall–Kier alpha value is -1.81. The fourth-order valence-corrected chi connectivity index (χ4v) is 2.52. The monoisotopic (exact) mass is 411 g/mol. The summed E-state index contributed by atoms with van der Waals surface area (Å²) in [5, 5.41) is 0. The quantitative estimate of drug-likeness (QED) is 0.574. The van der Waals surface area contributed by atoms with Crippen LogP contribution < -0.4 is 9.74 Å². The van der Waals surface area contributed by atoms with Crippen molar-refractivity contribution in [3.63, 3.8) is 0 Å². The van der Waals surface area contributed by atoms with Crippen molar-refractivity contribution >= 4 is 26.0 Å². The Kier molecular flexibility index (Phi) is 4.58. The van der Waals surface area contributed by atoms with Crippen molar-refractivity contribution in [2.24, 2.45) is 0 Å². The fraction of sp³-hybridized carbons (Fsp3) is 0.154. The third kappa shape index (κ3) is 3.75. The largest absolute Gasteiger partial charge is 0.534 e. The van der Waals surface area contributed by atoms with Crippen LogP contribution in [0.1, 0.15) is 5.69 Å². The standard InChI is InChI=1S/C13H9BrF3NO4S/c1-8-6-11(22-23(20,21)13(15,16)17)7-12(19)18(8)10-4-2-9(14)3-5-10/h2-7H,1H3. The molecule has 0 saturated carbocycles. The lowest BCUT2D eigenvalue weighted by atomic mass is 10.2. The van der Waals surface area contributed by atoms with Gasteiger partial charge in [0.2, 0.25) is 0 Å². The summed E-state index contributed by atoms with van der Waals surface area (Å²) in [6, 6.07) is 8.31. The predicted octanol–water partition coefficient (Wildman–Crippen LogP) is 3.14. The highest BCUT2D eigenvalue weighted by atomic mass is 79.9. The number of hydrogen-bond acceptors (Lipinski definition) is 4. The molecule has 0 atom stereocenters. The zero-order valence-electron chi connectivity index (χ0n) is 11.5. The van der Waals surface area contributed by atoms with Crippen LogP contribution in [-0.4, -0.2) is 18.5 Å². The van der Waals surface area contributed by atoms with Crippen molar-refractivity contribution in [2.45, 2.75) is 12.4 Å². The molecule has 1 aromatic carbocycles. The number of aromatic nitrogens is 1. The third-order valence-corrected chi connectivity index (χ3v) is 4.27. The highest BCUT2D eigenvalue weighted by Gasteiger charge is 2.48. The van der Waals surface area contributed by atoms with Crippen LogP contribution in [0, 0.1) is 6.92 Å². The molecular formula is C13H9BrF3NO4S. The average Bonchev–Trinajstić information content (AvgIpc) is 2.38. The normalized spacial score (nSPS) is 12.2. The average molecular weight is 412 g/mol. The van der Waals surface area contributed by atoms with Crippen LogP contribution in [0.15, 0.2) is 45.7 Å². The van der Waals surface area contributed by atoms with Crippen molar-refractivity contribution < 1.29 is 25.8 Å². The van der Waals surface area contributed by atoms with Crippen LogP contribution in [0.25, 0.3) is 5.69 Å². The van der Waals surface area contributed by atoms with E-state index >= 15 is 0 Å². The van der Waals surface area contributed by atoms with Gasteiger partial charge in [-0.1, -0.05) is 15.9 Å². The molecule has 5 nitrogen and oxygen atoms in total. The van der Waals surface area contributed by atoms with Crippen molar-refractivity contribution in [2.75, 3.05) is 0 Å². The van der Waals surface area contributed by atoms with E-state index in [0.29, 0.717) is 11.8 Å². The van der Waals surface area contributed by atoms with Gasteiger partial charge in [-0.25, -0.2) is 0 Å². The first-order valence-electron chi connectivity index (χ1n) is 6.02. The first-order valence-corrected chi connectivity index (χ1v) is 8.22. The second-order valence-electron chi connectivity index (χ2n) is 4.47.